The number of hydrogen-bond acceptors (Lipinski definition) is 5. The van der Waals surface area contributed by atoms with E-state index in [4.69, 9.17) is 25.5 Å². The van der Waals surface area contributed by atoms with E-state index in [0.29, 0.717) is 23.0 Å². The molecule has 0 saturated heterocycles. The third-order valence-corrected chi connectivity index (χ3v) is 3.87. The van der Waals surface area contributed by atoms with Crippen LogP contribution in [0.25, 0.3) is 11.0 Å². The molecule has 0 bridgehead atoms. The molecule has 3 aromatic rings. The molecule has 1 N–H and O–H groups in total. The second kappa shape index (κ2) is 7.93. The summed E-state index contributed by atoms with van der Waals surface area (Å²) in [6, 6.07) is 12.2. The van der Waals surface area contributed by atoms with E-state index in [1.807, 2.05) is 13.0 Å². The highest BCUT2D eigenvalue weighted by Crippen LogP contribution is 2.25. The first-order valence-corrected chi connectivity index (χ1v) is 8.32. The van der Waals surface area contributed by atoms with Crippen molar-refractivity contribution in [2.45, 2.75) is 6.92 Å². The Morgan fingerprint density at radius 3 is 2.85 bits per heavy atom. The standard InChI is InChI=1S/C19H17ClN2O4/c1-3-25-14-5-7-16-13(9-14)10-18(26-16)19(23)22-21-11-12-4-6-17(24-2)15(20)8-12/h4-11H,3H2,1-2H3,(H,22,23)/b21-11+. The van der Waals surface area contributed by atoms with Crippen molar-refractivity contribution in [1.82, 2.24) is 5.43 Å². The number of hydrogen-bond donors (Lipinski definition) is 1. The molecule has 2 aromatic carbocycles. The van der Waals surface area contributed by atoms with Gasteiger partial charge in [-0.05, 0) is 55.0 Å². The van der Waals surface area contributed by atoms with E-state index in [2.05, 4.69) is 10.5 Å². The average Bonchev–Trinajstić information content (AvgIpc) is 3.05. The van der Waals surface area contributed by atoms with Crippen molar-refractivity contribution in [3.05, 3.63) is 58.8 Å². The number of rotatable bonds is 6. The summed E-state index contributed by atoms with van der Waals surface area (Å²) in [7, 11) is 1.54. The summed E-state index contributed by atoms with van der Waals surface area (Å²) in [5.74, 6) is 1.01. The molecule has 134 valence electrons. The Morgan fingerprint density at radius 1 is 1.27 bits per heavy atom. The Bertz CT molecular complexity index is 965. The number of methoxy groups -OCH3 is 1. The van der Waals surface area contributed by atoms with Crippen LogP contribution in [0, 0.1) is 0 Å². The van der Waals surface area contributed by atoms with Crippen molar-refractivity contribution in [3.63, 3.8) is 0 Å². The third-order valence-electron chi connectivity index (χ3n) is 3.58. The number of furan rings is 1. The normalized spacial score (nSPS) is 11.0. The minimum atomic E-state index is -0.449. The van der Waals surface area contributed by atoms with Crippen LogP contribution in [0.3, 0.4) is 0 Å². The van der Waals surface area contributed by atoms with E-state index >= 15 is 0 Å². The van der Waals surface area contributed by atoms with Crippen LogP contribution in [0.4, 0.5) is 0 Å². The van der Waals surface area contributed by atoms with Gasteiger partial charge in [-0.2, -0.15) is 5.10 Å². The minimum absolute atomic E-state index is 0.165. The Morgan fingerprint density at radius 2 is 2.12 bits per heavy atom. The van der Waals surface area contributed by atoms with E-state index < -0.39 is 5.91 Å². The molecule has 0 fully saturated rings. The Kier molecular flexibility index (Phi) is 5.43. The van der Waals surface area contributed by atoms with Gasteiger partial charge in [0.1, 0.15) is 17.1 Å². The van der Waals surface area contributed by atoms with Gasteiger partial charge in [-0.1, -0.05) is 11.6 Å². The number of amides is 1. The maximum Gasteiger partial charge on any atom is 0.307 e. The molecule has 0 radical (unpaired) electrons. The van der Waals surface area contributed by atoms with Crippen molar-refractivity contribution >= 4 is 34.7 Å². The zero-order valence-corrected chi connectivity index (χ0v) is 15.0. The fraction of sp³-hybridized carbons (Fsp3) is 0.158. The Labute approximate surface area is 155 Å². The number of nitrogens with one attached hydrogen (secondary N) is 1. The van der Waals surface area contributed by atoms with Crippen LogP contribution < -0.4 is 14.9 Å². The number of carbonyl (C=O) groups is 1. The van der Waals surface area contributed by atoms with Gasteiger partial charge in [0.25, 0.3) is 0 Å². The topological polar surface area (TPSA) is 73.1 Å². The maximum absolute atomic E-state index is 12.2. The van der Waals surface area contributed by atoms with Gasteiger partial charge in [-0.15, -0.1) is 0 Å². The summed E-state index contributed by atoms with van der Waals surface area (Å²) in [6.45, 7) is 2.48. The molecule has 0 aliphatic carbocycles. The Balaban J connectivity index is 1.69. The fourth-order valence-corrected chi connectivity index (χ4v) is 2.64. The molecule has 1 amide bonds. The van der Waals surface area contributed by atoms with Gasteiger partial charge in [0.05, 0.1) is 25.0 Å². The summed E-state index contributed by atoms with van der Waals surface area (Å²) in [6.07, 6.45) is 1.49. The average molecular weight is 373 g/mol. The number of nitrogens with zero attached hydrogens (tertiary/aromatic N) is 1. The van der Waals surface area contributed by atoms with Crippen LogP contribution in [0.5, 0.6) is 11.5 Å². The van der Waals surface area contributed by atoms with Crippen molar-refractivity contribution in [3.8, 4) is 11.5 Å². The van der Waals surface area contributed by atoms with Crippen LogP contribution in [0.2, 0.25) is 5.02 Å². The number of carbonyl (C=O) groups excluding carboxylic acids is 1. The zero-order valence-electron chi connectivity index (χ0n) is 14.3. The molecule has 6 nitrogen and oxygen atoms in total. The van der Waals surface area contributed by atoms with Gasteiger partial charge in [0.2, 0.25) is 0 Å². The number of benzene rings is 2. The molecule has 0 aliphatic heterocycles. The van der Waals surface area contributed by atoms with Crippen LogP contribution in [0.15, 0.2) is 52.0 Å². The molecule has 26 heavy (non-hydrogen) atoms. The molecule has 1 aromatic heterocycles. The van der Waals surface area contributed by atoms with Gasteiger partial charge < -0.3 is 13.9 Å². The highest BCUT2D eigenvalue weighted by Gasteiger charge is 2.12. The van der Waals surface area contributed by atoms with Gasteiger partial charge in [0.15, 0.2) is 5.76 Å². The number of fused-ring (bicyclic) bond motifs is 1. The van der Waals surface area contributed by atoms with E-state index in [0.717, 1.165) is 16.7 Å². The number of halogens is 1. The van der Waals surface area contributed by atoms with E-state index in [1.165, 1.54) is 6.21 Å². The predicted octanol–water partition coefficient (Wildman–Crippen LogP) is 4.26. The van der Waals surface area contributed by atoms with Gasteiger partial charge in [-0.3, -0.25) is 4.79 Å². The van der Waals surface area contributed by atoms with Crippen molar-refractivity contribution < 1.29 is 18.7 Å². The first kappa shape index (κ1) is 17.8. The summed E-state index contributed by atoms with van der Waals surface area (Å²) in [4.78, 5) is 12.2. The third kappa shape index (κ3) is 3.97. The first-order valence-electron chi connectivity index (χ1n) is 7.94. The molecular formula is C19H17ClN2O4. The maximum atomic E-state index is 12.2. The van der Waals surface area contributed by atoms with E-state index in [-0.39, 0.29) is 5.76 Å². The lowest BCUT2D eigenvalue weighted by atomic mass is 10.2. The lowest BCUT2D eigenvalue weighted by Gasteiger charge is -2.02. The zero-order chi connectivity index (χ0) is 18.5. The lowest BCUT2D eigenvalue weighted by Crippen LogP contribution is -2.16. The number of ether oxygens (including phenoxy) is 2. The fourth-order valence-electron chi connectivity index (χ4n) is 2.37. The largest absolute Gasteiger partial charge is 0.495 e. The Hall–Kier alpha value is -2.99. The van der Waals surface area contributed by atoms with E-state index in [9.17, 15) is 4.79 Å². The minimum Gasteiger partial charge on any atom is -0.495 e. The highest BCUT2D eigenvalue weighted by atomic mass is 35.5. The molecule has 1 heterocycles. The van der Waals surface area contributed by atoms with Crippen molar-refractivity contribution in [1.29, 1.82) is 0 Å². The second-order valence-corrected chi connectivity index (χ2v) is 5.74. The monoisotopic (exact) mass is 372 g/mol. The van der Waals surface area contributed by atoms with Crippen molar-refractivity contribution in [2.24, 2.45) is 5.10 Å². The van der Waals surface area contributed by atoms with E-state index in [1.54, 1.807) is 43.5 Å². The van der Waals surface area contributed by atoms with Gasteiger partial charge in [0, 0.05) is 5.39 Å². The first-order chi connectivity index (χ1) is 12.6. The molecular weight excluding hydrogens is 356 g/mol. The molecule has 0 saturated carbocycles. The summed E-state index contributed by atoms with van der Waals surface area (Å²) in [5.41, 5.74) is 3.75. The lowest BCUT2D eigenvalue weighted by molar-refractivity contribution is 0.0929. The predicted molar refractivity (Wildman–Crippen MR) is 100 cm³/mol. The molecule has 0 unspecified atom stereocenters. The SMILES string of the molecule is CCOc1ccc2oc(C(=O)N/N=C/c3ccc(OC)c(Cl)c3)cc2c1. The molecule has 0 atom stereocenters. The second-order valence-electron chi connectivity index (χ2n) is 5.34. The molecule has 0 aliphatic rings. The van der Waals surface area contributed by atoms with Crippen LogP contribution >= 0.6 is 11.6 Å². The number of hydrazone groups is 1. The van der Waals surface area contributed by atoms with Gasteiger partial charge in [-0.25, -0.2) is 5.43 Å². The highest BCUT2D eigenvalue weighted by molar-refractivity contribution is 6.32. The molecule has 0 spiro atoms. The van der Waals surface area contributed by atoms with Crippen LogP contribution in [-0.4, -0.2) is 25.8 Å². The smallest absolute Gasteiger partial charge is 0.307 e. The quantitative estimate of drug-likeness (QED) is 0.518. The van der Waals surface area contributed by atoms with Crippen molar-refractivity contribution in [2.75, 3.05) is 13.7 Å². The van der Waals surface area contributed by atoms with Gasteiger partial charge >= 0.3 is 5.91 Å². The van der Waals surface area contributed by atoms with Crippen LogP contribution in [-0.2, 0) is 0 Å². The molecule has 7 heteroatoms. The summed E-state index contributed by atoms with van der Waals surface area (Å²) in [5, 5.41) is 5.17. The molecule has 3 rings (SSSR count). The van der Waals surface area contributed by atoms with Crippen LogP contribution in [0.1, 0.15) is 23.0 Å². The summed E-state index contributed by atoms with van der Waals surface area (Å²) < 4.78 is 16.1. The summed E-state index contributed by atoms with van der Waals surface area (Å²) >= 11 is 6.05.